The molecular formula is C29H25BrN2O4S. The van der Waals surface area contributed by atoms with Crippen LogP contribution in [0.1, 0.15) is 21.2 Å². The van der Waals surface area contributed by atoms with Crippen molar-refractivity contribution in [2.75, 3.05) is 24.9 Å². The molecule has 2 amide bonds. The minimum atomic E-state index is -0.509. The van der Waals surface area contributed by atoms with Crippen LogP contribution in [-0.2, 0) is 4.79 Å². The number of rotatable bonds is 9. The highest BCUT2D eigenvalue weighted by Gasteiger charge is 2.23. The van der Waals surface area contributed by atoms with Gasteiger partial charge in [0.15, 0.2) is 0 Å². The molecular weight excluding hydrogens is 552 g/mol. The van der Waals surface area contributed by atoms with E-state index in [1.54, 1.807) is 24.3 Å². The molecule has 0 aliphatic rings. The topological polar surface area (TPSA) is 76.7 Å². The SMILES string of the molecule is COc1cccc(OC)c1C(=O)Nc1cccc(SC(C(=O)Nc2ccc(Br)cc2)c2ccccc2)c1. The van der Waals surface area contributed by atoms with Crippen molar-refractivity contribution in [3.05, 3.63) is 113 Å². The van der Waals surface area contributed by atoms with E-state index >= 15 is 0 Å². The van der Waals surface area contributed by atoms with E-state index in [2.05, 4.69) is 26.6 Å². The smallest absolute Gasteiger partial charge is 0.263 e. The molecule has 0 radical (unpaired) electrons. The number of nitrogens with one attached hydrogen (secondary N) is 2. The summed E-state index contributed by atoms with van der Waals surface area (Å²) < 4.78 is 11.7. The molecule has 8 heteroatoms. The zero-order chi connectivity index (χ0) is 26.2. The lowest BCUT2D eigenvalue weighted by atomic mass is 10.1. The van der Waals surface area contributed by atoms with Gasteiger partial charge in [-0.3, -0.25) is 9.59 Å². The Bertz CT molecular complexity index is 1360. The number of hydrogen-bond donors (Lipinski definition) is 2. The van der Waals surface area contributed by atoms with Gasteiger partial charge in [-0.25, -0.2) is 0 Å². The summed E-state index contributed by atoms with van der Waals surface area (Å²) in [4.78, 5) is 27.3. The van der Waals surface area contributed by atoms with E-state index in [-0.39, 0.29) is 11.8 Å². The van der Waals surface area contributed by atoms with Crippen molar-refractivity contribution in [2.24, 2.45) is 0 Å². The van der Waals surface area contributed by atoms with E-state index in [4.69, 9.17) is 9.47 Å². The van der Waals surface area contributed by atoms with Crippen LogP contribution in [0.3, 0.4) is 0 Å². The maximum absolute atomic E-state index is 13.3. The molecule has 0 saturated carbocycles. The first kappa shape index (κ1) is 26.3. The lowest BCUT2D eigenvalue weighted by molar-refractivity contribution is -0.115. The second-order valence-corrected chi connectivity index (χ2v) is 10.0. The first-order chi connectivity index (χ1) is 18.0. The molecule has 0 aliphatic heterocycles. The molecule has 0 spiro atoms. The second kappa shape index (κ2) is 12.5. The molecule has 1 atom stereocenters. The first-order valence-electron chi connectivity index (χ1n) is 11.4. The van der Waals surface area contributed by atoms with Gasteiger partial charge >= 0.3 is 0 Å². The summed E-state index contributed by atoms with van der Waals surface area (Å²) in [6, 6.07) is 29.6. The van der Waals surface area contributed by atoms with Crippen LogP contribution in [0.4, 0.5) is 11.4 Å². The zero-order valence-corrected chi connectivity index (χ0v) is 22.6. The van der Waals surface area contributed by atoms with E-state index in [0.717, 1.165) is 14.9 Å². The van der Waals surface area contributed by atoms with Crippen molar-refractivity contribution < 1.29 is 19.1 Å². The molecule has 4 rings (SSSR count). The summed E-state index contributed by atoms with van der Waals surface area (Å²) in [6.45, 7) is 0. The maximum atomic E-state index is 13.3. The molecule has 0 heterocycles. The predicted molar refractivity (Wildman–Crippen MR) is 152 cm³/mol. The van der Waals surface area contributed by atoms with Crippen LogP contribution in [0.2, 0.25) is 0 Å². The summed E-state index contributed by atoms with van der Waals surface area (Å²) in [5.41, 5.74) is 2.47. The Morgan fingerprint density at radius 3 is 2.05 bits per heavy atom. The maximum Gasteiger partial charge on any atom is 0.263 e. The van der Waals surface area contributed by atoms with Crippen LogP contribution in [0.5, 0.6) is 11.5 Å². The van der Waals surface area contributed by atoms with Gasteiger partial charge in [-0.05, 0) is 60.2 Å². The Morgan fingerprint density at radius 2 is 1.41 bits per heavy atom. The van der Waals surface area contributed by atoms with Crippen molar-refractivity contribution in [3.63, 3.8) is 0 Å². The van der Waals surface area contributed by atoms with E-state index in [0.29, 0.717) is 28.4 Å². The van der Waals surface area contributed by atoms with Gasteiger partial charge in [-0.15, -0.1) is 11.8 Å². The molecule has 0 fully saturated rings. The third kappa shape index (κ3) is 6.72. The number of hydrogen-bond acceptors (Lipinski definition) is 5. The lowest BCUT2D eigenvalue weighted by Crippen LogP contribution is -2.19. The number of carbonyl (C=O) groups excluding carboxylic acids is 2. The number of halogens is 1. The monoisotopic (exact) mass is 576 g/mol. The molecule has 4 aromatic carbocycles. The summed E-state index contributed by atoms with van der Waals surface area (Å²) in [5, 5.41) is 5.41. The van der Waals surface area contributed by atoms with E-state index < -0.39 is 5.25 Å². The number of methoxy groups -OCH3 is 2. The van der Waals surface area contributed by atoms with Crippen molar-refractivity contribution >= 4 is 50.9 Å². The summed E-state index contributed by atoms with van der Waals surface area (Å²) in [7, 11) is 3.01. The Balaban J connectivity index is 1.56. The summed E-state index contributed by atoms with van der Waals surface area (Å²) in [6.07, 6.45) is 0. The molecule has 0 saturated heterocycles. The van der Waals surface area contributed by atoms with Gasteiger partial charge in [0.05, 0.1) is 14.2 Å². The van der Waals surface area contributed by atoms with Gasteiger partial charge in [0.25, 0.3) is 5.91 Å². The van der Waals surface area contributed by atoms with Gasteiger partial charge in [0.1, 0.15) is 22.3 Å². The van der Waals surface area contributed by atoms with Crippen LogP contribution in [0.15, 0.2) is 106 Å². The van der Waals surface area contributed by atoms with E-state index in [1.165, 1.54) is 26.0 Å². The minimum Gasteiger partial charge on any atom is -0.496 e. The van der Waals surface area contributed by atoms with Crippen molar-refractivity contribution in [3.8, 4) is 11.5 Å². The number of amides is 2. The second-order valence-electron chi connectivity index (χ2n) is 7.92. The third-order valence-corrected chi connectivity index (χ3v) is 7.23. The molecule has 37 heavy (non-hydrogen) atoms. The molecule has 0 bridgehead atoms. The van der Waals surface area contributed by atoms with Crippen LogP contribution >= 0.6 is 27.7 Å². The number of thioether (sulfide) groups is 1. The van der Waals surface area contributed by atoms with Crippen molar-refractivity contribution in [1.82, 2.24) is 0 Å². The fourth-order valence-electron chi connectivity index (χ4n) is 3.69. The fourth-order valence-corrected chi connectivity index (χ4v) is 5.04. The van der Waals surface area contributed by atoms with Gasteiger partial charge < -0.3 is 20.1 Å². The minimum absolute atomic E-state index is 0.147. The van der Waals surface area contributed by atoms with Crippen LogP contribution < -0.4 is 20.1 Å². The number of ether oxygens (including phenoxy) is 2. The molecule has 0 aliphatic carbocycles. The Morgan fingerprint density at radius 1 is 0.757 bits per heavy atom. The van der Waals surface area contributed by atoms with Crippen molar-refractivity contribution in [2.45, 2.75) is 10.1 Å². The average Bonchev–Trinajstić information content (AvgIpc) is 2.93. The normalized spacial score (nSPS) is 11.3. The number of benzene rings is 4. The Kier molecular flexibility index (Phi) is 8.87. The highest BCUT2D eigenvalue weighted by Crippen LogP contribution is 2.37. The summed E-state index contributed by atoms with van der Waals surface area (Å²) in [5.74, 6) is 0.322. The van der Waals surface area contributed by atoms with E-state index in [9.17, 15) is 9.59 Å². The van der Waals surface area contributed by atoms with E-state index in [1.807, 2.05) is 72.8 Å². The quantitative estimate of drug-likeness (QED) is 0.206. The van der Waals surface area contributed by atoms with Gasteiger partial charge in [-0.2, -0.15) is 0 Å². The standard InChI is InChI=1S/C29H25BrN2O4S/c1-35-24-12-7-13-25(36-2)26(24)28(33)32-22-10-6-11-23(18-22)37-27(19-8-4-3-5-9-19)29(34)31-21-16-14-20(30)15-17-21/h3-18,27H,1-2H3,(H,31,34)(H,32,33). The number of carbonyl (C=O) groups is 2. The van der Waals surface area contributed by atoms with Crippen LogP contribution in [0, 0.1) is 0 Å². The number of anilines is 2. The summed E-state index contributed by atoms with van der Waals surface area (Å²) >= 11 is 4.82. The zero-order valence-electron chi connectivity index (χ0n) is 20.2. The van der Waals surface area contributed by atoms with Crippen LogP contribution in [0.25, 0.3) is 0 Å². The van der Waals surface area contributed by atoms with Gasteiger partial charge in [0.2, 0.25) is 5.91 Å². The highest BCUT2D eigenvalue weighted by molar-refractivity contribution is 9.10. The average molecular weight is 578 g/mol. The molecule has 1 unspecified atom stereocenters. The largest absolute Gasteiger partial charge is 0.496 e. The van der Waals surface area contributed by atoms with Gasteiger partial charge in [-0.1, -0.05) is 58.4 Å². The molecule has 2 N–H and O–H groups in total. The highest BCUT2D eigenvalue weighted by atomic mass is 79.9. The Hall–Kier alpha value is -3.75. The molecule has 188 valence electrons. The van der Waals surface area contributed by atoms with Crippen molar-refractivity contribution in [1.29, 1.82) is 0 Å². The molecule has 6 nitrogen and oxygen atoms in total. The lowest BCUT2D eigenvalue weighted by Gasteiger charge is -2.18. The molecule has 4 aromatic rings. The van der Waals surface area contributed by atoms with Gasteiger partial charge in [0, 0.05) is 20.7 Å². The van der Waals surface area contributed by atoms with Crippen LogP contribution in [-0.4, -0.2) is 26.0 Å². The fraction of sp³-hybridized carbons (Fsp3) is 0.103. The first-order valence-corrected chi connectivity index (χ1v) is 13.1. The Labute approximate surface area is 228 Å². The predicted octanol–water partition coefficient (Wildman–Crippen LogP) is 7.19. The molecule has 0 aromatic heterocycles. The third-order valence-electron chi connectivity index (χ3n) is 5.45.